The number of aliphatic hydroxyl groups excluding tert-OH is 1. The quantitative estimate of drug-likeness (QED) is 0.317. The van der Waals surface area contributed by atoms with Gasteiger partial charge in [-0.15, -0.1) is 0 Å². The minimum absolute atomic E-state index is 0.0435. The highest BCUT2D eigenvalue weighted by molar-refractivity contribution is 6.51. The molecule has 0 spiro atoms. The molecule has 9 heteroatoms. The van der Waals surface area contributed by atoms with Crippen LogP contribution in [0.4, 0.5) is 18.9 Å². The van der Waals surface area contributed by atoms with E-state index in [1.807, 2.05) is 0 Å². The molecule has 1 aliphatic heterocycles. The van der Waals surface area contributed by atoms with Crippen molar-refractivity contribution in [1.29, 1.82) is 0 Å². The number of aliphatic hydroxyl groups is 1. The number of ether oxygens (including phenoxy) is 1. The number of methoxy groups -OCH3 is 1. The highest BCUT2D eigenvalue weighted by atomic mass is 19.4. The van der Waals surface area contributed by atoms with Crippen LogP contribution in [-0.2, 0) is 15.8 Å². The second-order valence-corrected chi connectivity index (χ2v) is 7.53. The Morgan fingerprint density at radius 3 is 2.03 bits per heavy atom. The maximum absolute atomic E-state index is 13.0. The zero-order chi connectivity index (χ0) is 24.6. The van der Waals surface area contributed by atoms with Gasteiger partial charge in [-0.05, 0) is 66.2 Å². The third kappa shape index (κ3) is 4.07. The summed E-state index contributed by atoms with van der Waals surface area (Å²) in [4.78, 5) is 27.1. The lowest BCUT2D eigenvalue weighted by Crippen LogP contribution is -2.29. The van der Waals surface area contributed by atoms with Gasteiger partial charge in [0.15, 0.2) is 0 Å². The van der Waals surface area contributed by atoms with Crippen molar-refractivity contribution >= 4 is 23.1 Å². The van der Waals surface area contributed by atoms with Crippen molar-refractivity contribution in [3.05, 3.63) is 95.1 Å². The molecular formula is C25H18F3NO5. The molecule has 0 saturated carbocycles. The largest absolute Gasteiger partial charge is 0.508 e. The molecule has 0 aromatic heterocycles. The monoisotopic (exact) mass is 469 g/mol. The van der Waals surface area contributed by atoms with Crippen LogP contribution >= 0.6 is 0 Å². The van der Waals surface area contributed by atoms with Crippen molar-refractivity contribution in [3.63, 3.8) is 0 Å². The second-order valence-electron chi connectivity index (χ2n) is 7.53. The fraction of sp³-hybridized carbons (Fsp3) is 0.120. The number of benzene rings is 3. The summed E-state index contributed by atoms with van der Waals surface area (Å²) >= 11 is 0. The fourth-order valence-corrected chi connectivity index (χ4v) is 3.79. The van der Waals surface area contributed by atoms with Crippen LogP contribution in [0.3, 0.4) is 0 Å². The van der Waals surface area contributed by atoms with Gasteiger partial charge in [0.25, 0.3) is 11.7 Å². The van der Waals surface area contributed by atoms with E-state index in [1.54, 1.807) is 12.1 Å². The molecule has 34 heavy (non-hydrogen) atoms. The Bertz CT molecular complexity index is 1260. The van der Waals surface area contributed by atoms with E-state index in [0.717, 1.165) is 29.2 Å². The number of phenols is 1. The number of alkyl halides is 3. The first-order valence-corrected chi connectivity index (χ1v) is 10.0. The van der Waals surface area contributed by atoms with Crippen LogP contribution in [0.15, 0.2) is 78.4 Å². The molecule has 4 rings (SSSR count). The number of halogens is 3. The number of ketones is 1. The van der Waals surface area contributed by atoms with Crippen LogP contribution in [0.1, 0.15) is 22.7 Å². The maximum Gasteiger partial charge on any atom is 0.416 e. The molecule has 3 aromatic rings. The number of nitrogens with zero attached hydrogens (tertiary/aromatic N) is 1. The number of rotatable bonds is 4. The molecule has 1 heterocycles. The summed E-state index contributed by atoms with van der Waals surface area (Å²) < 4.78 is 44.1. The van der Waals surface area contributed by atoms with Crippen molar-refractivity contribution in [2.24, 2.45) is 0 Å². The van der Waals surface area contributed by atoms with Crippen molar-refractivity contribution in [2.45, 2.75) is 12.2 Å². The predicted octanol–water partition coefficient (Wildman–Crippen LogP) is 5.05. The van der Waals surface area contributed by atoms with E-state index in [9.17, 15) is 33.0 Å². The Kier molecular flexibility index (Phi) is 5.78. The van der Waals surface area contributed by atoms with Gasteiger partial charge in [-0.25, -0.2) is 0 Å². The van der Waals surface area contributed by atoms with Crippen LogP contribution in [0, 0.1) is 0 Å². The van der Waals surface area contributed by atoms with Crippen LogP contribution in [0.25, 0.3) is 5.76 Å². The number of Topliss-reactive ketones (excluding diaryl/α,β-unsaturated/α-hetero) is 1. The number of phenolic OH excluding ortho intramolecular Hbond substituents is 1. The lowest BCUT2D eigenvalue weighted by Gasteiger charge is -2.25. The summed E-state index contributed by atoms with van der Waals surface area (Å²) in [6, 6.07) is 14.4. The minimum atomic E-state index is -4.57. The topological polar surface area (TPSA) is 87.1 Å². The van der Waals surface area contributed by atoms with Gasteiger partial charge in [-0.2, -0.15) is 13.2 Å². The average Bonchev–Trinajstić information content (AvgIpc) is 3.09. The summed E-state index contributed by atoms with van der Waals surface area (Å²) in [6.45, 7) is 0. The number of aromatic hydroxyl groups is 1. The Morgan fingerprint density at radius 1 is 0.912 bits per heavy atom. The normalized spacial score (nSPS) is 17.8. The van der Waals surface area contributed by atoms with Crippen LogP contribution in [0.5, 0.6) is 11.5 Å². The number of hydrogen-bond donors (Lipinski definition) is 2. The van der Waals surface area contributed by atoms with E-state index in [4.69, 9.17) is 4.74 Å². The third-order valence-corrected chi connectivity index (χ3v) is 5.49. The molecule has 1 aliphatic rings. The van der Waals surface area contributed by atoms with Gasteiger partial charge in [0, 0.05) is 11.3 Å². The van der Waals surface area contributed by atoms with Gasteiger partial charge in [0.1, 0.15) is 17.3 Å². The van der Waals surface area contributed by atoms with Gasteiger partial charge in [0.2, 0.25) is 0 Å². The molecule has 0 bridgehead atoms. The summed E-state index contributed by atoms with van der Waals surface area (Å²) in [7, 11) is 1.47. The third-order valence-electron chi connectivity index (χ3n) is 5.49. The zero-order valence-corrected chi connectivity index (χ0v) is 17.7. The van der Waals surface area contributed by atoms with Gasteiger partial charge in [-0.3, -0.25) is 14.5 Å². The van der Waals surface area contributed by atoms with E-state index in [-0.39, 0.29) is 22.6 Å². The molecule has 1 unspecified atom stereocenters. The van der Waals surface area contributed by atoms with E-state index in [0.29, 0.717) is 11.3 Å². The van der Waals surface area contributed by atoms with Gasteiger partial charge in [0.05, 0.1) is 24.3 Å². The number of carbonyl (C=O) groups excluding carboxylic acids is 2. The molecule has 3 aromatic carbocycles. The molecule has 0 aliphatic carbocycles. The molecule has 174 valence electrons. The van der Waals surface area contributed by atoms with Crippen molar-refractivity contribution < 1.29 is 37.7 Å². The molecule has 6 nitrogen and oxygen atoms in total. The Balaban J connectivity index is 1.88. The summed E-state index contributed by atoms with van der Waals surface area (Å²) in [5.41, 5.74) is -0.489. The first kappa shape index (κ1) is 22.9. The lowest BCUT2D eigenvalue weighted by atomic mass is 9.95. The van der Waals surface area contributed by atoms with Crippen LogP contribution in [-0.4, -0.2) is 29.0 Å². The van der Waals surface area contributed by atoms with E-state index >= 15 is 0 Å². The summed E-state index contributed by atoms with van der Waals surface area (Å²) in [6.07, 6.45) is -4.57. The van der Waals surface area contributed by atoms with Crippen molar-refractivity contribution in [3.8, 4) is 11.5 Å². The summed E-state index contributed by atoms with van der Waals surface area (Å²) in [5, 5.41) is 20.7. The number of anilines is 1. The van der Waals surface area contributed by atoms with Crippen LogP contribution < -0.4 is 9.64 Å². The first-order chi connectivity index (χ1) is 16.1. The Labute approximate surface area is 192 Å². The van der Waals surface area contributed by atoms with Crippen molar-refractivity contribution in [1.82, 2.24) is 0 Å². The molecule has 2 N–H and O–H groups in total. The first-order valence-electron chi connectivity index (χ1n) is 10.0. The molecule has 1 fully saturated rings. The predicted molar refractivity (Wildman–Crippen MR) is 117 cm³/mol. The molecule has 0 radical (unpaired) electrons. The molecule has 1 saturated heterocycles. The van der Waals surface area contributed by atoms with Crippen molar-refractivity contribution in [2.75, 3.05) is 12.0 Å². The average molecular weight is 469 g/mol. The van der Waals surface area contributed by atoms with Gasteiger partial charge >= 0.3 is 6.18 Å². The summed E-state index contributed by atoms with van der Waals surface area (Å²) in [5.74, 6) is -2.00. The Morgan fingerprint density at radius 2 is 1.50 bits per heavy atom. The van der Waals surface area contributed by atoms with Crippen LogP contribution in [0.2, 0.25) is 0 Å². The fourth-order valence-electron chi connectivity index (χ4n) is 3.79. The van der Waals surface area contributed by atoms with E-state index in [1.165, 1.54) is 43.5 Å². The van der Waals surface area contributed by atoms with E-state index < -0.39 is 35.2 Å². The SMILES string of the molecule is COc1ccc(/C(O)=C2\C(=O)C(=O)N(c3ccc(C(F)(F)F)cc3)C2c2ccc(O)cc2)cc1. The lowest BCUT2D eigenvalue weighted by molar-refractivity contribution is -0.137. The standard InChI is InChI=1S/C25H18F3NO5/c1-34-19-12-4-15(5-13-19)22(31)20-21(14-2-10-18(30)11-3-14)29(24(33)23(20)32)17-8-6-16(7-9-17)25(26,27)28/h2-13,21,30-31H,1H3/b22-20+. The molecule has 1 amide bonds. The molecular weight excluding hydrogens is 451 g/mol. The maximum atomic E-state index is 13.0. The number of carbonyl (C=O) groups is 2. The van der Waals surface area contributed by atoms with Gasteiger partial charge < -0.3 is 14.9 Å². The number of hydrogen-bond acceptors (Lipinski definition) is 5. The Hall–Kier alpha value is -4.27. The highest BCUT2D eigenvalue weighted by Gasteiger charge is 2.47. The zero-order valence-electron chi connectivity index (χ0n) is 17.7. The van der Waals surface area contributed by atoms with Gasteiger partial charge in [-0.1, -0.05) is 12.1 Å². The highest BCUT2D eigenvalue weighted by Crippen LogP contribution is 2.43. The van der Waals surface area contributed by atoms with E-state index in [2.05, 4.69) is 0 Å². The second kappa shape index (κ2) is 8.58. The number of amides is 1. The molecule has 1 atom stereocenters. The smallest absolute Gasteiger partial charge is 0.416 e. The minimum Gasteiger partial charge on any atom is -0.508 e.